The second-order valence-corrected chi connectivity index (χ2v) is 6.69. The number of hydrogen-bond donors (Lipinski definition) is 2. The number of ether oxygens (including phenoxy) is 2. The predicted octanol–water partition coefficient (Wildman–Crippen LogP) is 0.186. The lowest BCUT2D eigenvalue weighted by atomic mass is 10.3. The van der Waals surface area contributed by atoms with Crippen LogP contribution in [0.15, 0.2) is 34.2 Å². The molecule has 0 amide bonds. The van der Waals surface area contributed by atoms with E-state index in [1.807, 2.05) is 0 Å². The van der Waals surface area contributed by atoms with Gasteiger partial charge >= 0.3 is 0 Å². The molecular weight excluding hydrogens is 320 g/mol. The average Bonchev–Trinajstić information content (AvgIpc) is 2.56. The van der Waals surface area contributed by atoms with Crippen molar-refractivity contribution in [1.29, 1.82) is 0 Å². The first kappa shape index (κ1) is 17.5. The largest absolute Gasteiger partial charge is 0.497 e. The molecule has 0 atom stereocenters. The molecule has 0 saturated carbocycles. The van der Waals surface area contributed by atoms with Gasteiger partial charge in [0.15, 0.2) is 0 Å². The van der Waals surface area contributed by atoms with Crippen molar-refractivity contribution in [2.45, 2.75) is 11.3 Å². The monoisotopic (exact) mass is 342 g/mol. The molecule has 1 aliphatic heterocycles. The van der Waals surface area contributed by atoms with Crippen LogP contribution < -0.4 is 14.8 Å². The van der Waals surface area contributed by atoms with Crippen LogP contribution in [-0.2, 0) is 14.8 Å². The van der Waals surface area contributed by atoms with Gasteiger partial charge in [0.1, 0.15) is 5.75 Å². The molecule has 1 aromatic rings. The second kappa shape index (κ2) is 8.14. The lowest BCUT2D eigenvalue weighted by Crippen LogP contribution is -2.50. The molecule has 2 N–H and O–H groups in total. The molecule has 9 heteroatoms. The van der Waals surface area contributed by atoms with Crippen LogP contribution in [0.4, 0.5) is 0 Å². The maximum absolute atomic E-state index is 12.3. The van der Waals surface area contributed by atoms with Crippen LogP contribution in [0.3, 0.4) is 0 Å². The summed E-state index contributed by atoms with van der Waals surface area (Å²) in [5, 5.41) is 2.96. The fourth-order valence-electron chi connectivity index (χ4n) is 2.05. The highest BCUT2D eigenvalue weighted by molar-refractivity contribution is 7.90. The van der Waals surface area contributed by atoms with Gasteiger partial charge in [0.25, 0.3) is 10.0 Å². The third kappa shape index (κ3) is 5.08. The normalized spacial score (nSPS) is 15.7. The summed E-state index contributed by atoms with van der Waals surface area (Å²) >= 11 is 0. The number of benzene rings is 1. The highest BCUT2D eigenvalue weighted by atomic mass is 32.2. The summed E-state index contributed by atoms with van der Waals surface area (Å²) in [6.45, 7) is 2.50. The van der Waals surface area contributed by atoms with Gasteiger partial charge in [-0.15, -0.1) is 0 Å². The molecule has 0 aliphatic carbocycles. The molecule has 0 fully saturated rings. The van der Waals surface area contributed by atoms with Gasteiger partial charge in [-0.2, -0.15) is 0 Å². The highest BCUT2D eigenvalue weighted by Gasteiger charge is 2.19. The lowest BCUT2D eigenvalue weighted by Gasteiger charge is -2.26. The van der Waals surface area contributed by atoms with Crippen molar-refractivity contribution in [3.63, 3.8) is 0 Å². The van der Waals surface area contributed by atoms with Gasteiger partial charge in [-0.3, -0.25) is 4.90 Å². The summed E-state index contributed by atoms with van der Waals surface area (Å²) in [6, 6.07) is 6.17. The molecule has 23 heavy (non-hydrogen) atoms. The van der Waals surface area contributed by atoms with E-state index in [4.69, 9.17) is 9.47 Å². The molecule has 0 unspecified atom stereocenters. The Bertz CT molecular complexity index is 631. The van der Waals surface area contributed by atoms with Crippen molar-refractivity contribution in [1.82, 2.24) is 14.9 Å². The molecule has 1 aromatic carbocycles. The summed E-state index contributed by atoms with van der Waals surface area (Å²) in [5.74, 6) is 0.854. The number of hydrogen-bond acceptors (Lipinski definition) is 7. The number of aliphatic imine (C=N–C) groups is 1. The zero-order chi connectivity index (χ0) is 16.7. The van der Waals surface area contributed by atoms with E-state index in [2.05, 4.69) is 19.9 Å². The van der Waals surface area contributed by atoms with E-state index in [0.29, 0.717) is 25.7 Å². The highest BCUT2D eigenvalue weighted by Crippen LogP contribution is 2.15. The van der Waals surface area contributed by atoms with Crippen molar-refractivity contribution in [3.05, 3.63) is 24.3 Å². The predicted molar refractivity (Wildman–Crippen MR) is 86.8 cm³/mol. The van der Waals surface area contributed by atoms with E-state index in [1.165, 1.54) is 19.2 Å². The Kier molecular flexibility index (Phi) is 6.20. The summed E-state index contributed by atoms with van der Waals surface area (Å²) in [5.41, 5.74) is 0. The van der Waals surface area contributed by atoms with Crippen molar-refractivity contribution >= 4 is 16.0 Å². The van der Waals surface area contributed by atoms with E-state index in [-0.39, 0.29) is 10.9 Å². The third-order valence-electron chi connectivity index (χ3n) is 3.32. The van der Waals surface area contributed by atoms with Crippen molar-refractivity contribution < 1.29 is 17.9 Å². The molecule has 0 saturated heterocycles. The standard InChI is InChI=1S/C14H22N4O4S/c1-21-9-3-8-18-10-15-14(16-11-18)17-23(19,20)13-6-4-12(22-2)5-7-13/h4-7H,3,8-11H2,1-2H3,(H2,15,16,17). The first-order valence-electron chi connectivity index (χ1n) is 7.21. The number of methoxy groups -OCH3 is 2. The van der Waals surface area contributed by atoms with Crippen LogP contribution in [0.5, 0.6) is 5.75 Å². The van der Waals surface area contributed by atoms with Gasteiger partial charge in [0.2, 0.25) is 5.96 Å². The van der Waals surface area contributed by atoms with E-state index >= 15 is 0 Å². The van der Waals surface area contributed by atoms with Gasteiger partial charge in [0.05, 0.1) is 25.3 Å². The number of nitrogens with one attached hydrogen (secondary N) is 2. The van der Waals surface area contributed by atoms with Crippen molar-refractivity contribution in [2.75, 3.05) is 40.7 Å². The van der Waals surface area contributed by atoms with Gasteiger partial charge < -0.3 is 14.8 Å². The minimum atomic E-state index is -3.66. The maximum Gasteiger partial charge on any atom is 0.264 e. The molecule has 2 rings (SSSR count). The molecule has 128 valence electrons. The van der Waals surface area contributed by atoms with Crippen molar-refractivity contribution in [2.24, 2.45) is 4.99 Å². The Hall–Kier alpha value is -1.84. The minimum Gasteiger partial charge on any atom is -0.497 e. The first-order chi connectivity index (χ1) is 11.0. The van der Waals surface area contributed by atoms with Crippen molar-refractivity contribution in [3.8, 4) is 5.75 Å². The molecular formula is C14H22N4O4S. The average molecular weight is 342 g/mol. The van der Waals surface area contributed by atoms with Gasteiger partial charge in [-0.05, 0) is 30.7 Å². The Morgan fingerprint density at radius 3 is 2.61 bits per heavy atom. The van der Waals surface area contributed by atoms with Crippen LogP contribution in [0, 0.1) is 0 Å². The lowest BCUT2D eigenvalue weighted by molar-refractivity contribution is 0.169. The molecule has 1 heterocycles. The number of guanidine groups is 1. The number of rotatable bonds is 7. The zero-order valence-corrected chi connectivity index (χ0v) is 14.1. The maximum atomic E-state index is 12.3. The van der Waals surface area contributed by atoms with Crippen LogP contribution in [0.2, 0.25) is 0 Å². The smallest absolute Gasteiger partial charge is 0.264 e. The topological polar surface area (TPSA) is 92.3 Å². The fraction of sp³-hybridized carbons (Fsp3) is 0.500. The van der Waals surface area contributed by atoms with Gasteiger partial charge in [0, 0.05) is 20.3 Å². The Labute approximate surface area is 136 Å². The van der Waals surface area contributed by atoms with Crippen LogP contribution in [0.1, 0.15) is 6.42 Å². The quantitative estimate of drug-likeness (QED) is 0.687. The molecule has 8 nitrogen and oxygen atoms in total. The summed E-state index contributed by atoms with van der Waals surface area (Å²) < 4.78 is 37.1. The minimum absolute atomic E-state index is 0.158. The fourth-order valence-corrected chi connectivity index (χ4v) is 3.06. The number of nitrogens with zero attached hydrogens (tertiary/aromatic N) is 2. The Morgan fingerprint density at radius 1 is 1.30 bits per heavy atom. The van der Waals surface area contributed by atoms with E-state index < -0.39 is 10.0 Å². The van der Waals surface area contributed by atoms with E-state index in [1.54, 1.807) is 19.2 Å². The molecule has 0 aromatic heterocycles. The summed E-state index contributed by atoms with van der Waals surface area (Å²) in [7, 11) is -0.467. The zero-order valence-electron chi connectivity index (χ0n) is 13.3. The molecule has 0 radical (unpaired) electrons. The number of sulfonamides is 1. The van der Waals surface area contributed by atoms with E-state index in [0.717, 1.165) is 13.0 Å². The van der Waals surface area contributed by atoms with Crippen LogP contribution >= 0.6 is 0 Å². The Morgan fingerprint density at radius 2 is 2.04 bits per heavy atom. The Balaban J connectivity index is 1.93. The van der Waals surface area contributed by atoms with Crippen LogP contribution in [-0.4, -0.2) is 60.0 Å². The summed E-state index contributed by atoms with van der Waals surface area (Å²) in [4.78, 5) is 6.43. The second-order valence-electron chi connectivity index (χ2n) is 5.00. The SMILES string of the molecule is COCCCN1CN=C(NS(=O)(=O)c2ccc(OC)cc2)NC1. The van der Waals surface area contributed by atoms with Crippen LogP contribution in [0.25, 0.3) is 0 Å². The molecule has 0 bridgehead atoms. The molecule has 0 spiro atoms. The van der Waals surface area contributed by atoms with Gasteiger partial charge in [-0.1, -0.05) is 0 Å². The van der Waals surface area contributed by atoms with E-state index in [9.17, 15) is 8.42 Å². The first-order valence-corrected chi connectivity index (χ1v) is 8.70. The van der Waals surface area contributed by atoms with Gasteiger partial charge in [-0.25, -0.2) is 18.1 Å². The summed E-state index contributed by atoms with van der Waals surface area (Å²) in [6.07, 6.45) is 0.903. The third-order valence-corrected chi connectivity index (χ3v) is 4.68. The molecule has 1 aliphatic rings.